The third-order valence-corrected chi connectivity index (χ3v) is 5.85. The number of hydrogen-bond acceptors (Lipinski definition) is 4. The molecular formula is C24H31N3O2. The van der Waals surface area contributed by atoms with Crippen molar-refractivity contribution in [2.24, 2.45) is 0 Å². The van der Waals surface area contributed by atoms with Crippen molar-refractivity contribution in [3.8, 4) is 11.5 Å². The Morgan fingerprint density at radius 3 is 2.48 bits per heavy atom. The second-order valence-electron chi connectivity index (χ2n) is 7.74. The summed E-state index contributed by atoms with van der Waals surface area (Å²) in [6.45, 7) is 6.17. The highest BCUT2D eigenvalue weighted by atomic mass is 16.5. The van der Waals surface area contributed by atoms with E-state index in [1.807, 2.05) is 24.3 Å². The molecule has 0 saturated carbocycles. The van der Waals surface area contributed by atoms with Crippen molar-refractivity contribution in [3.63, 3.8) is 0 Å². The van der Waals surface area contributed by atoms with E-state index < -0.39 is 0 Å². The summed E-state index contributed by atoms with van der Waals surface area (Å²) in [6, 6.07) is 16.6. The van der Waals surface area contributed by atoms with Gasteiger partial charge in [-0.05, 0) is 63.5 Å². The molecule has 5 heteroatoms. The summed E-state index contributed by atoms with van der Waals surface area (Å²) in [5.41, 5.74) is 2.29. The molecule has 0 N–H and O–H groups in total. The number of hydrogen-bond donors (Lipinski definition) is 0. The number of ether oxygens (including phenoxy) is 2. The van der Waals surface area contributed by atoms with Gasteiger partial charge < -0.3 is 14.0 Å². The van der Waals surface area contributed by atoms with Crippen LogP contribution in [0.5, 0.6) is 11.5 Å². The Kier molecular flexibility index (Phi) is 6.35. The highest BCUT2D eigenvalue weighted by Gasteiger charge is 2.23. The summed E-state index contributed by atoms with van der Waals surface area (Å²) in [4.78, 5) is 7.59. The van der Waals surface area contributed by atoms with Crippen LogP contribution in [0.2, 0.25) is 0 Å². The maximum atomic E-state index is 5.99. The number of methoxy groups -OCH3 is 1. The fourth-order valence-corrected chi connectivity index (χ4v) is 4.26. The van der Waals surface area contributed by atoms with Crippen LogP contribution in [-0.2, 0) is 6.54 Å². The third-order valence-electron chi connectivity index (χ3n) is 5.85. The van der Waals surface area contributed by atoms with E-state index in [-0.39, 0.29) is 0 Å². The van der Waals surface area contributed by atoms with E-state index >= 15 is 0 Å². The number of imidazole rings is 1. The summed E-state index contributed by atoms with van der Waals surface area (Å²) in [5.74, 6) is 2.75. The minimum absolute atomic E-state index is 0.331. The number of para-hydroxylation sites is 4. The van der Waals surface area contributed by atoms with Crippen molar-refractivity contribution in [2.45, 2.75) is 45.2 Å². The van der Waals surface area contributed by atoms with Crippen molar-refractivity contribution in [1.29, 1.82) is 0 Å². The molecule has 3 aromatic rings. The lowest BCUT2D eigenvalue weighted by atomic mass is 10.1. The largest absolute Gasteiger partial charge is 0.493 e. The van der Waals surface area contributed by atoms with Gasteiger partial charge in [-0.15, -0.1) is 0 Å². The first-order valence-corrected chi connectivity index (χ1v) is 10.7. The standard InChI is InChI=1S/C24H31N3O2/c1-19(26-15-8-3-9-16-26)24-25-20-11-4-5-12-21(20)27(24)17-10-18-29-23-14-7-6-13-22(23)28-2/h4-7,11-14,19H,3,8-10,15-18H2,1-2H3/t19-/m0/s1. The molecule has 1 saturated heterocycles. The van der Waals surface area contributed by atoms with E-state index in [0.717, 1.165) is 30.0 Å². The maximum Gasteiger partial charge on any atom is 0.161 e. The van der Waals surface area contributed by atoms with Crippen molar-refractivity contribution in [2.75, 3.05) is 26.8 Å². The van der Waals surface area contributed by atoms with Crippen LogP contribution in [0.1, 0.15) is 44.5 Å². The molecular weight excluding hydrogens is 362 g/mol. The number of aryl methyl sites for hydroxylation is 1. The summed E-state index contributed by atoms with van der Waals surface area (Å²) < 4.78 is 13.8. The quantitative estimate of drug-likeness (QED) is 0.502. The molecule has 1 fully saturated rings. The predicted octanol–water partition coefficient (Wildman–Crippen LogP) is 5.06. The average Bonchev–Trinajstić information content (AvgIpc) is 3.15. The van der Waals surface area contributed by atoms with E-state index in [1.54, 1.807) is 7.11 Å². The second kappa shape index (κ2) is 9.31. The number of rotatable bonds is 8. The zero-order chi connectivity index (χ0) is 20.1. The first-order chi connectivity index (χ1) is 14.3. The van der Waals surface area contributed by atoms with Crippen molar-refractivity contribution in [3.05, 3.63) is 54.4 Å². The van der Waals surface area contributed by atoms with Crippen LogP contribution in [0.3, 0.4) is 0 Å². The van der Waals surface area contributed by atoms with Gasteiger partial charge in [0.25, 0.3) is 0 Å². The van der Waals surface area contributed by atoms with E-state index in [1.165, 1.54) is 43.7 Å². The zero-order valence-electron chi connectivity index (χ0n) is 17.5. The van der Waals surface area contributed by atoms with Crippen molar-refractivity contribution >= 4 is 11.0 Å². The molecule has 0 amide bonds. The Bertz CT molecular complexity index is 931. The van der Waals surface area contributed by atoms with Gasteiger partial charge in [-0.3, -0.25) is 4.90 Å². The fraction of sp³-hybridized carbons (Fsp3) is 0.458. The van der Waals surface area contributed by atoms with Gasteiger partial charge in [-0.2, -0.15) is 0 Å². The molecule has 154 valence electrons. The zero-order valence-corrected chi connectivity index (χ0v) is 17.5. The van der Waals surface area contributed by atoms with Crippen LogP contribution < -0.4 is 9.47 Å². The predicted molar refractivity (Wildman–Crippen MR) is 117 cm³/mol. The lowest BCUT2D eigenvalue weighted by molar-refractivity contribution is 0.165. The molecule has 1 aromatic heterocycles. The highest BCUT2D eigenvalue weighted by molar-refractivity contribution is 5.76. The third kappa shape index (κ3) is 4.40. The summed E-state index contributed by atoms with van der Waals surface area (Å²) in [7, 11) is 1.67. The van der Waals surface area contributed by atoms with Crippen LogP contribution >= 0.6 is 0 Å². The van der Waals surface area contributed by atoms with Gasteiger partial charge in [0.05, 0.1) is 30.8 Å². The Hall–Kier alpha value is -2.53. The maximum absolute atomic E-state index is 5.99. The first kappa shape index (κ1) is 19.8. The summed E-state index contributed by atoms with van der Waals surface area (Å²) in [6.07, 6.45) is 4.84. The monoisotopic (exact) mass is 393 g/mol. The molecule has 29 heavy (non-hydrogen) atoms. The minimum atomic E-state index is 0.331. The smallest absolute Gasteiger partial charge is 0.161 e. The molecule has 0 aliphatic carbocycles. The highest BCUT2D eigenvalue weighted by Crippen LogP contribution is 2.28. The SMILES string of the molecule is COc1ccccc1OCCCn1c([C@H](C)N2CCCCC2)nc2ccccc21. The van der Waals surface area contributed by atoms with Gasteiger partial charge in [-0.1, -0.05) is 30.7 Å². The number of aromatic nitrogens is 2. The summed E-state index contributed by atoms with van der Waals surface area (Å²) >= 11 is 0. The fourth-order valence-electron chi connectivity index (χ4n) is 4.26. The van der Waals surface area contributed by atoms with Crippen LogP contribution in [0, 0.1) is 0 Å². The van der Waals surface area contributed by atoms with E-state index in [0.29, 0.717) is 12.6 Å². The van der Waals surface area contributed by atoms with Crippen LogP contribution in [0.25, 0.3) is 11.0 Å². The topological polar surface area (TPSA) is 39.5 Å². The van der Waals surface area contributed by atoms with Gasteiger partial charge in [0.1, 0.15) is 5.82 Å². The molecule has 5 nitrogen and oxygen atoms in total. The molecule has 1 aliphatic heterocycles. The number of fused-ring (bicyclic) bond motifs is 1. The normalized spacial score (nSPS) is 16.1. The molecule has 0 unspecified atom stereocenters. The molecule has 0 bridgehead atoms. The molecule has 4 rings (SSSR count). The van der Waals surface area contributed by atoms with Crippen LogP contribution in [-0.4, -0.2) is 41.3 Å². The summed E-state index contributed by atoms with van der Waals surface area (Å²) in [5, 5.41) is 0. The van der Waals surface area contributed by atoms with Crippen molar-refractivity contribution in [1.82, 2.24) is 14.5 Å². The molecule has 1 atom stereocenters. The van der Waals surface area contributed by atoms with Gasteiger partial charge in [0, 0.05) is 6.54 Å². The molecule has 1 aliphatic rings. The van der Waals surface area contributed by atoms with Gasteiger partial charge in [-0.25, -0.2) is 4.98 Å². The van der Waals surface area contributed by atoms with E-state index in [4.69, 9.17) is 14.5 Å². The van der Waals surface area contributed by atoms with Gasteiger partial charge in [0.2, 0.25) is 0 Å². The molecule has 0 spiro atoms. The van der Waals surface area contributed by atoms with Crippen LogP contribution in [0.4, 0.5) is 0 Å². The van der Waals surface area contributed by atoms with Crippen LogP contribution in [0.15, 0.2) is 48.5 Å². The van der Waals surface area contributed by atoms with Crippen molar-refractivity contribution < 1.29 is 9.47 Å². The second-order valence-corrected chi connectivity index (χ2v) is 7.74. The molecule has 2 aromatic carbocycles. The Morgan fingerprint density at radius 2 is 1.69 bits per heavy atom. The molecule has 0 radical (unpaired) electrons. The van der Waals surface area contributed by atoms with Gasteiger partial charge >= 0.3 is 0 Å². The lowest BCUT2D eigenvalue weighted by Gasteiger charge is -2.32. The Morgan fingerprint density at radius 1 is 0.966 bits per heavy atom. The number of likely N-dealkylation sites (tertiary alicyclic amines) is 1. The number of nitrogens with zero attached hydrogens (tertiary/aromatic N) is 3. The number of benzene rings is 2. The lowest BCUT2D eigenvalue weighted by Crippen LogP contribution is -2.33. The Labute approximate surface area is 173 Å². The van der Waals surface area contributed by atoms with E-state index in [9.17, 15) is 0 Å². The van der Waals surface area contributed by atoms with Gasteiger partial charge in [0.15, 0.2) is 11.5 Å². The van der Waals surface area contributed by atoms with E-state index in [2.05, 4.69) is 40.7 Å². The number of piperidine rings is 1. The molecule has 2 heterocycles. The first-order valence-electron chi connectivity index (χ1n) is 10.7. The average molecular weight is 394 g/mol. The Balaban J connectivity index is 1.48. The minimum Gasteiger partial charge on any atom is -0.493 e.